The lowest BCUT2D eigenvalue weighted by atomic mass is 10.1. The molecule has 0 saturated carbocycles. The number of piperazine rings is 1. The zero-order chi connectivity index (χ0) is 19.1. The van der Waals surface area contributed by atoms with Crippen LogP contribution in [0.2, 0.25) is 5.02 Å². The molecule has 0 radical (unpaired) electrons. The third-order valence-corrected chi connectivity index (χ3v) is 4.79. The van der Waals surface area contributed by atoms with Crippen LogP contribution < -0.4 is 5.32 Å². The number of hydrogen-bond donors (Lipinski definition) is 1. The molecule has 8 heteroatoms. The molecule has 3 rings (SSSR count). The second-order valence-corrected chi connectivity index (χ2v) is 7.02. The number of nitrogens with zero attached hydrogens (tertiary/aromatic N) is 3. The van der Waals surface area contributed by atoms with E-state index in [2.05, 4.69) is 20.3 Å². The zero-order valence-corrected chi connectivity index (χ0v) is 16.2. The van der Waals surface area contributed by atoms with Crippen LogP contribution >= 0.6 is 11.6 Å². The number of rotatable bonds is 8. The molecule has 1 fully saturated rings. The Morgan fingerprint density at radius 1 is 1.22 bits per heavy atom. The minimum atomic E-state index is 0.0448. The number of amides is 1. The smallest absolute Gasteiger partial charge is 0.234 e. The summed E-state index contributed by atoms with van der Waals surface area (Å²) < 4.78 is 10.4. The van der Waals surface area contributed by atoms with Crippen LogP contribution in [0.5, 0.6) is 0 Å². The second-order valence-electron chi connectivity index (χ2n) is 6.58. The van der Waals surface area contributed by atoms with Crippen molar-refractivity contribution in [3.8, 4) is 11.3 Å². The van der Waals surface area contributed by atoms with Crippen molar-refractivity contribution in [2.45, 2.75) is 6.54 Å². The Morgan fingerprint density at radius 3 is 2.63 bits per heavy atom. The van der Waals surface area contributed by atoms with Gasteiger partial charge in [-0.05, 0) is 12.1 Å². The van der Waals surface area contributed by atoms with Gasteiger partial charge >= 0.3 is 0 Å². The van der Waals surface area contributed by atoms with Gasteiger partial charge in [0.2, 0.25) is 5.91 Å². The fraction of sp³-hybridized carbons (Fsp3) is 0.474. The molecule has 1 aromatic heterocycles. The van der Waals surface area contributed by atoms with Gasteiger partial charge in [0.25, 0.3) is 0 Å². The largest absolute Gasteiger partial charge is 0.383 e. The molecule has 0 bridgehead atoms. The number of halogens is 1. The monoisotopic (exact) mass is 392 g/mol. The molecular formula is C19H25ClN4O3. The second kappa shape index (κ2) is 9.85. The van der Waals surface area contributed by atoms with E-state index in [1.165, 1.54) is 0 Å². The third-order valence-electron chi connectivity index (χ3n) is 4.54. The van der Waals surface area contributed by atoms with E-state index >= 15 is 0 Å². The lowest BCUT2D eigenvalue weighted by Gasteiger charge is -2.33. The quantitative estimate of drug-likeness (QED) is 0.691. The van der Waals surface area contributed by atoms with Crippen molar-refractivity contribution in [2.75, 3.05) is 53.0 Å². The van der Waals surface area contributed by atoms with Crippen LogP contribution in [0.25, 0.3) is 11.3 Å². The van der Waals surface area contributed by atoms with Crippen LogP contribution in [0.15, 0.2) is 34.9 Å². The highest BCUT2D eigenvalue weighted by Gasteiger charge is 2.20. The van der Waals surface area contributed by atoms with E-state index in [0.717, 1.165) is 43.2 Å². The number of carbonyl (C=O) groups excluding carboxylic acids is 1. The minimum absolute atomic E-state index is 0.0448. The third kappa shape index (κ3) is 6.04. The number of aromatic nitrogens is 1. The van der Waals surface area contributed by atoms with Crippen LogP contribution in [0.1, 0.15) is 5.76 Å². The standard InChI is InChI=1S/C19H25ClN4O3/c1-26-11-6-21-19(25)14-24-9-7-23(8-10-24)13-17-12-18(22-27-17)15-2-4-16(20)5-3-15/h2-5,12H,6-11,13-14H2,1H3,(H,21,25). The summed E-state index contributed by atoms with van der Waals surface area (Å²) >= 11 is 5.92. The van der Waals surface area contributed by atoms with Gasteiger partial charge in [-0.3, -0.25) is 14.6 Å². The first kappa shape index (κ1) is 19.8. The van der Waals surface area contributed by atoms with E-state index in [0.29, 0.717) is 31.3 Å². The Morgan fingerprint density at radius 2 is 1.93 bits per heavy atom. The van der Waals surface area contributed by atoms with E-state index < -0.39 is 0 Å². The molecule has 2 heterocycles. The normalized spacial score (nSPS) is 15.8. The van der Waals surface area contributed by atoms with Crippen molar-refractivity contribution in [1.82, 2.24) is 20.3 Å². The summed E-state index contributed by atoms with van der Waals surface area (Å²) in [5.74, 6) is 0.883. The highest BCUT2D eigenvalue weighted by Crippen LogP contribution is 2.22. The summed E-state index contributed by atoms with van der Waals surface area (Å²) in [6.07, 6.45) is 0. The fourth-order valence-corrected chi connectivity index (χ4v) is 3.15. The molecule has 7 nitrogen and oxygen atoms in total. The first-order valence-corrected chi connectivity index (χ1v) is 9.44. The number of hydrogen-bond acceptors (Lipinski definition) is 6. The van der Waals surface area contributed by atoms with E-state index in [1.54, 1.807) is 7.11 Å². The minimum Gasteiger partial charge on any atom is -0.383 e. The molecule has 1 amide bonds. The lowest BCUT2D eigenvalue weighted by Crippen LogP contribution is -2.49. The first-order valence-electron chi connectivity index (χ1n) is 9.06. The topological polar surface area (TPSA) is 70.8 Å². The van der Waals surface area contributed by atoms with Crippen LogP contribution in [0, 0.1) is 0 Å². The molecular weight excluding hydrogens is 368 g/mol. The Labute approximate surface area is 164 Å². The van der Waals surface area contributed by atoms with Gasteiger partial charge < -0.3 is 14.6 Å². The number of carbonyl (C=O) groups is 1. The summed E-state index contributed by atoms with van der Waals surface area (Å²) in [5, 5.41) is 7.71. The number of benzene rings is 1. The molecule has 146 valence electrons. The lowest BCUT2D eigenvalue weighted by molar-refractivity contribution is -0.122. The van der Waals surface area contributed by atoms with Crippen LogP contribution in [-0.4, -0.2) is 73.8 Å². The summed E-state index contributed by atoms with van der Waals surface area (Å²) in [7, 11) is 1.62. The van der Waals surface area contributed by atoms with Crippen LogP contribution in [-0.2, 0) is 16.1 Å². The summed E-state index contributed by atoms with van der Waals surface area (Å²) in [6.45, 7) is 5.73. The van der Waals surface area contributed by atoms with Crippen molar-refractivity contribution < 1.29 is 14.1 Å². The summed E-state index contributed by atoms with van der Waals surface area (Å²) in [4.78, 5) is 16.3. The first-order chi connectivity index (χ1) is 13.1. The summed E-state index contributed by atoms with van der Waals surface area (Å²) in [6, 6.07) is 9.52. The molecule has 1 aromatic carbocycles. The Balaban J connectivity index is 1.43. The Hall–Kier alpha value is -1.93. The van der Waals surface area contributed by atoms with Gasteiger partial charge in [0.15, 0.2) is 5.76 Å². The zero-order valence-electron chi connectivity index (χ0n) is 15.5. The molecule has 1 saturated heterocycles. The predicted molar refractivity (Wildman–Crippen MR) is 104 cm³/mol. The van der Waals surface area contributed by atoms with Crippen LogP contribution in [0.3, 0.4) is 0 Å². The Bertz CT molecular complexity index is 727. The van der Waals surface area contributed by atoms with Gasteiger partial charge in [-0.15, -0.1) is 0 Å². The van der Waals surface area contributed by atoms with E-state index in [4.69, 9.17) is 20.9 Å². The van der Waals surface area contributed by atoms with Crippen LogP contribution in [0.4, 0.5) is 0 Å². The number of ether oxygens (including phenoxy) is 1. The molecule has 0 spiro atoms. The van der Waals surface area contributed by atoms with Crippen molar-refractivity contribution in [3.05, 3.63) is 41.1 Å². The number of nitrogens with one attached hydrogen (secondary N) is 1. The van der Waals surface area contributed by atoms with Crippen molar-refractivity contribution in [1.29, 1.82) is 0 Å². The molecule has 2 aromatic rings. The molecule has 27 heavy (non-hydrogen) atoms. The van der Waals surface area contributed by atoms with E-state index in [9.17, 15) is 4.79 Å². The molecule has 0 aliphatic carbocycles. The SMILES string of the molecule is COCCNC(=O)CN1CCN(Cc2cc(-c3ccc(Cl)cc3)no2)CC1. The maximum absolute atomic E-state index is 11.9. The maximum atomic E-state index is 11.9. The van der Waals surface area contributed by atoms with Gasteiger partial charge in [0.05, 0.1) is 19.7 Å². The molecule has 1 aliphatic heterocycles. The highest BCUT2D eigenvalue weighted by atomic mass is 35.5. The van der Waals surface area contributed by atoms with Gasteiger partial charge in [-0.1, -0.05) is 28.9 Å². The maximum Gasteiger partial charge on any atom is 0.234 e. The highest BCUT2D eigenvalue weighted by molar-refractivity contribution is 6.30. The van der Waals surface area contributed by atoms with Crippen molar-refractivity contribution >= 4 is 17.5 Å². The summed E-state index contributed by atoms with van der Waals surface area (Å²) in [5.41, 5.74) is 1.80. The molecule has 1 aliphatic rings. The average molecular weight is 393 g/mol. The van der Waals surface area contributed by atoms with Gasteiger partial charge in [-0.25, -0.2) is 0 Å². The van der Waals surface area contributed by atoms with Gasteiger partial charge in [0, 0.05) is 56.5 Å². The van der Waals surface area contributed by atoms with Crippen molar-refractivity contribution in [2.24, 2.45) is 0 Å². The predicted octanol–water partition coefficient (Wildman–Crippen LogP) is 1.88. The van der Waals surface area contributed by atoms with E-state index in [1.807, 2.05) is 30.3 Å². The van der Waals surface area contributed by atoms with Gasteiger partial charge in [-0.2, -0.15) is 0 Å². The van der Waals surface area contributed by atoms with E-state index in [-0.39, 0.29) is 5.91 Å². The molecule has 1 N–H and O–H groups in total. The fourth-order valence-electron chi connectivity index (χ4n) is 3.02. The van der Waals surface area contributed by atoms with Gasteiger partial charge in [0.1, 0.15) is 5.69 Å². The Kier molecular flexibility index (Phi) is 7.23. The molecule has 0 atom stereocenters. The van der Waals surface area contributed by atoms with Crippen molar-refractivity contribution in [3.63, 3.8) is 0 Å². The number of methoxy groups -OCH3 is 1. The molecule has 0 unspecified atom stereocenters. The average Bonchev–Trinajstić information content (AvgIpc) is 3.13.